The number of nitrogens with zero attached hydrogens (tertiary/aromatic N) is 1. The van der Waals surface area contributed by atoms with E-state index >= 15 is 0 Å². The molecule has 1 aliphatic rings. The summed E-state index contributed by atoms with van der Waals surface area (Å²) >= 11 is 0. The lowest BCUT2D eigenvalue weighted by Gasteiger charge is -2.18. The topological polar surface area (TPSA) is 35.5 Å². The Morgan fingerprint density at radius 2 is 1.84 bits per heavy atom. The number of anilines is 1. The highest BCUT2D eigenvalue weighted by molar-refractivity contribution is 5.45. The Balaban J connectivity index is 1.76. The van der Waals surface area contributed by atoms with Gasteiger partial charge in [0.1, 0.15) is 0 Å². The molecule has 0 heterocycles. The molecule has 0 aromatic heterocycles. The quantitative estimate of drug-likeness (QED) is 0.825. The molecule has 3 nitrogen and oxygen atoms in total. The summed E-state index contributed by atoms with van der Waals surface area (Å²) in [6.45, 7) is 2.30. The van der Waals surface area contributed by atoms with E-state index in [4.69, 9.17) is 0 Å². The summed E-state index contributed by atoms with van der Waals surface area (Å²) in [7, 11) is 4.12. The summed E-state index contributed by atoms with van der Waals surface area (Å²) in [5.74, 6) is 1.18. The van der Waals surface area contributed by atoms with Crippen LogP contribution in [0, 0.1) is 11.8 Å². The molecule has 1 aromatic rings. The first-order valence-electron chi connectivity index (χ1n) is 7.28. The van der Waals surface area contributed by atoms with Gasteiger partial charge in [0.25, 0.3) is 0 Å². The van der Waals surface area contributed by atoms with E-state index in [2.05, 4.69) is 48.6 Å². The number of aliphatic hydroxyl groups excluding tert-OH is 1. The monoisotopic (exact) mass is 262 g/mol. The molecule has 1 fully saturated rings. The molecule has 1 saturated carbocycles. The van der Waals surface area contributed by atoms with Gasteiger partial charge in [0.15, 0.2) is 0 Å². The fraction of sp³-hybridized carbons (Fsp3) is 0.625. The maximum absolute atomic E-state index is 9.30. The highest BCUT2D eigenvalue weighted by Gasteiger charge is 2.25. The van der Waals surface area contributed by atoms with E-state index in [1.165, 1.54) is 30.5 Å². The fourth-order valence-corrected chi connectivity index (χ4v) is 2.94. The molecule has 2 N–H and O–H groups in total. The first-order chi connectivity index (χ1) is 9.20. The van der Waals surface area contributed by atoms with Crippen molar-refractivity contribution in [3.05, 3.63) is 29.8 Å². The summed E-state index contributed by atoms with van der Waals surface area (Å²) in [4.78, 5) is 2.11. The van der Waals surface area contributed by atoms with Crippen LogP contribution in [0.25, 0.3) is 0 Å². The van der Waals surface area contributed by atoms with Crippen molar-refractivity contribution >= 4 is 5.69 Å². The van der Waals surface area contributed by atoms with Crippen LogP contribution < -0.4 is 10.2 Å². The van der Waals surface area contributed by atoms with Crippen molar-refractivity contribution in [3.8, 4) is 0 Å². The largest absolute Gasteiger partial charge is 0.396 e. The Morgan fingerprint density at radius 1 is 1.16 bits per heavy atom. The lowest BCUT2D eigenvalue weighted by Crippen LogP contribution is -2.26. The zero-order chi connectivity index (χ0) is 13.7. The van der Waals surface area contributed by atoms with Crippen molar-refractivity contribution in [1.29, 1.82) is 0 Å². The van der Waals surface area contributed by atoms with Crippen molar-refractivity contribution < 1.29 is 5.11 Å². The fourth-order valence-electron chi connectivity index (χ4n) is 2.94. The van der Waals surface area contributed by atoms with Gasteiger partial charge in [-0.2, -0.15) is 0 Å². The van der Waals surface area contributed by atoms with Crippen LogP contribution in [-0.2, 0) is 6.54 Å². The van der Waals surface area contributed by atoms with Crippen molar-refractivity contribution in [2.45, 2.75) is 25.8 Å². The number of rotatable bonds is 6. The molecule has 2 atom stereocenters. The second-order valence-corrected chi connectivity index (χ2v) is 5.83. The van der Waals surface area contributed by atoms with Crippen LogP contribution in [0.5, 0.6) is 0 Å². The Bertz CT molecular complexity index is 375. The minimum atomic E-state index is 0.351. The maximum Gasteiger partial charge on any atom is 0.0462 e. The molecule has 1 aliphatic carbocycles. The second kappa shape index (κ2) is 6.92. The van der Waals surface area contributed by atoms with Crippen LogP contribution in [0.2, 0.25) is 0 Å². The minimum Gasteiger partial charge on any atom is -0.396 e. The Labute approximate surface area is 116 Å². The standard InChI is InChI=1S/C16H26N2O/c1-18(2)16-8-6-13(7-9-16)10-17-11-14-4-3-5-15(14)12-19/h6-9,14-15,17,19H,3-5,10-12H2,1-2H3. The van der Waals surface area contributed by atoms with Crippen LogP contribution in [-0.4, -0.2) is 32.4 Å². The van der Waals surface area contributed by atoms with Crippen molar-refractivity contribution in [1.82, 2.24) is 5.32 Å². The predicted molar refractivity (Wildman–Crippen MR) is 80.4 cm³/mol. The molecule has 0 saturated heterocycles. The van der Waals surface area contributed by atoms with Crippen LogP contribution in [0.15, 0.2) is 24.3 Å². The summed E-state index contributed by atoms with van der Waals surface area (Å²) in [5.41, 5.74) is 2.56. The lowest BCUT2D eigenvalue weighted by atomic mass is 9.97. The highest BCUT2D eigenvalue weighted by atomic mass is 16.3. The van der Waals surface area contributed by atoms with E-state index in [0.717, 1.165) is 13.1 Å². The van der Waals surface area contributed by atoms with Crippen LogP contribution in [0.4, 0.5) is 5.69 Å². The number of aliphatic hydroxyl groups is 1. The van der Waals surface area contributed by atoms with Gasteiger partial charge >= 0.3 is 0 Å². The number of nitrogens with one attached hydrogen (secondary N) is 1. The second-order valence-electron chi connectivity index (χ2n) is 5.83. The van der Waals surface area contributed by atoms with Crippen LogP contribution >= 0.6 is 0 Å². The maximum atomic E-state index is 9.30. The molecule has 0 spiro atoms. The van der Waals surface area contributed by atoms with E-state index in [-0.39, 0.29) is 0 Å². The lowest BCUT2D eigenvalue weighted by molar-refractivity contribution is 0.192. The smallest absolute Gasteiger partial charge is 0.0462 e. The zero-order valence-electron chi connectivity index (χ0n) is 12.1. The van der Waals surface area contributed by atoms with E-state index in [1.54, 1.807) is 0 Å². The van der Waals surface area contributed by atoms with Gasteiger partial charge in [-0.1, -0.05) is 18.6 Å². The molecule has 0 aliphatic heterocycles. The SMILES string of the molecule is CN(C)c1ccc(CNCC2CCCC2CO)cc1. The van der Waals surface area contributed by atoms with Gasteiger partial charge in [-0.05, 0) is 48.9 Å². The highest BCUT2D eigenvalue weighted by Crippen LogP contribution is 2.30. The molecule has 0 amide bonds. The molecule has 106 valence electrons. The van der Waals surface area contributed by atoms with Gasteiger partial charge < -0.3 is 15.3 Å². The third-order valence-electron chi connectivity index (χ3n) is 4.24. The van der Waals surface area contributed by atoms with E-state index in [9.17, 15) is 5.11 Å². The number of hydrogen-bond acceptors (Lipinski definition) is 3. The van der Waals surface area contributed by atoms with Gasteiger partial charge in [0.2, 0.25) is 0 Å². The van der Waals surface area contributed by atoms with E-state index in [0.29, 0.717) is 18.4 Å². The first-order valence-corrected chi connectivity index (χ1v) is 7.28. The van der Waals surface area contributed by atoms with Gasteiger partial charge in [-0.15, -0.1) is 0 Å². The molecule has 3 heteroatoms. The first kappa shape index (κ1) is 14.4. The molecule has 2 rings (SSSR count). The summed E-state index contributed by atoms with van der Waals surface area (Å²) in [5, 5.41) is 12.8. The Hall–Kier alpha value is -1.06. The average Bonchev–Trinajstić information content (AvgIpc) is 2.87. The third-order valence-corrected chi connectivity index (χ3v) is 4.24. The van der Waals surface area contributed by atoms with Gasteiger partial charge in [-0.25, -0.2) is 0 Å². The third kappa shape index (κ3) is 3.95. The average molecular weight is 262 g/mol. The number of benzene rings is 1. The van der Waals surface area contributed by atoms with Crippen molar-refractivity contribution in [2.24, 2.45) is 11.8 Å². The Morgan fingerprint density at radius 3 is 2.47 bits per heavy atom. The normalized spacial score (nSPS) is 22.7. The van der Waals surface area contributed by atoms with E-state index in [1.807, 2.05) is 0 Å². The minimum absolute atomic E-state index is 0.351. The van der Waals surface area contributed by atoms with Gasteiger partial charge in [-0.3, -0.25) is 0 Å². The zero-order valence-corrected chi connectivity index (χ0v) is 12.1. The van der Waals surface area contributed by atoms with E-state index < -0.39 is 0 Å². The summed E-state index contributed by atoms with van der Waals surface area (Å²) in [6.07, 6.45) is 3.73. The van der Waals surface area contributed by atoms with Gasteiger partial charge in [0.05, 0.1) is 0 Å². The molecule has 0 radical (unpaired) electrons. The number of hydrogen-bond donors (Lipinski definition) is 2. The molecule has 2 unspecified atom stereocenters. The van der Waals surface area contributed by atoms with Crippen LogP contribution in [0.1, 0.15) is 24.8 Å². The summed E-state index contributed by atoms with van der Waals surface area (Å²) < 4.78 is 0. The Kier molecular flexibility index (Phi) is 5.23. The molecule has 1 aromatic carbocycles. The summed E-state index contributed by atoms with van der Waals surface area (Å²) in [6, 6.07) is 8.67. The van der Waals surface area contributed by atoms with Crippen LogP contribution in [0.3, 0.4) is 0 Å². The van der Waals surface area contributed by atoms with Crippen molar-refractivity contribution in [3.63, 3.8) is 0 Å². The van der Waals surface area contributed by atoms with Gasteiger partial charge in [0, 0.05) is 32.9 Å². The molecule has 19 heavy (non-hydrogen) atoms. The molecule has 0 bridgehead atoms. The molecular weight excluding hydrogens is 236 g/mol. The predicted octanol–water partition coefficient (Wildman–Crippen LogP) is 2.25. The van der Waals surface area contributed by atoms with Crippen molar-refractivity contribution in [2.75, 3.05) is 32.1 Å². The molecular formula is C16H26N2O.